The SMILES string of the molecule is CCCCN(CCO)C[C@H](C)O. The number of aliphatic hydroxyl groups is 2. The van der Waals surface area contributed by atoms with Crippen LogP contribution in [0.5, 0.6) is 0 Å². The summed E-state index contributed by atoms with van der Waals surface area (Å²) in [7, 11) is 0. The summed E-state index contributed by atoms with van der Waals surface area (Å²) in [6.07, 6.45) is 1.99. The zero-order valence-corrected chi connectivity index (χ0v) is 8.16. The fraction of sp³-hybridized carbons (Fsp3) is 1.00. The molecule has 0 aliphatic rings. The zero-order valence-electron chi connectivity index (χ0n) is 8.16. The maximum atomic E-state index is 9.13. The van der Waals surface area contributed by atoms with Gasteiger partial charge in [-0.1, -0.05) is 13.3 Å². The Bertz CT molecular complexity index is 96.5. The van der Waals surface area contributed by atoms with Crippen molar-refractivity contribution >= 4 is 0 Å². The van der Waals surface area contributed by atoms with Crippen molar-refractivity contribution in [1.29, 1.82) is 0 Å². The third kappa shape index (κ3) is 6.58. The van der Waals surface area contributed by atoms with Crippen molar-refractivity contribution < 1.29 is 10.2 Å². The van der Waals surface area contributed by atoms with Crippen LogP contribution in [-0.4, -0.2) is 47.5 Å². The molecule has 0 bridgehead atoms. The summed E-state index contributed by atoms with van der Waals surface area (Å²) < 4.78 is 0. The normalized spacial score (nSPS) is 13.8. The molecule has 0 unspecified atom stereocenters. The lowest BCUT2D eigenvalue weighted by atomic mass is 10.3. The number of aliphatic hydroxyl groups excluding tert-OH is 2. The van der Waals surface area contributed by atoms with Gasteiger partial charge in [-0.3, -0.25) is 4.90 Å². The van der Waals surface area contributed by atoms with Crippen LogP contribution in [0, 0.1) is 0 Å². The Morgan fingerprint density at radius 1 is 1.33 bits per heavy atom. The Morgan fingerprint density at radius 3 is 2.42 bits per heavy atom. The molecule has 1 atom stereocenters. The Hall–Kier alpha value is -0.120. The van der Waals surface area contributed by atoms with E-state index in [4.69, 9.17) is 10.2 Å². The Kier molecular flexibility index (Phi) is 7.45. The fourth-order valence-electron chi connectivity index (χ4n) is 1.19. The first-order valence-corrected chi connectivity index (χ1v) is 4.72. The van der Waals surface area contributed by atoms with Crippen molar-refractivity contribution in [1.82, 2.24) is 4.90 Å². The number of rotatable bonds is 7. The summed E-state index contributed by atoms with van der Waals surface area (Å²) in [5.74, 6) is 0. The molecule has 12 heavy (non-hydrogen) atoms. The minimum absolute atomic E-state index is 0.177. The zero-order chi connectivity index (χ0) is 9.40. The molecule has 0 radical (unpaired) electrons. The molecule has 0 aliphatic carbocycles. The monoisotopic (exact) mass is 175 g/mol. The molecule has 0 heterocycles. The highest BCUT2D eigenvalue weighted by Gasteiger charge is 2.05. The maximum absolute atomic E-state index is 9.13. The fourth-order valence-corrected chi connectivity index (χ4v) is 1.19. The van der Waals surface area contributed by atoms with Gasteiger partial charge in [-0.2, -0.15) is 0 Å². The van der Waals surface area contributed by atoms with E-state index < -0.39 is 0 Å². The van der Waals surface area contributed by atoms with Crippen LogP contribution in [0.4, 0.5) is 0 Å². The van der Waals surface area contributed by atoms with E-state index in [1.165, 1.54) is 0 Å². The average molecular weight is 175 g/mol. The van der Waals surface area contributed by atoms with Crippen molar-refractivity contribution in [2.75, 3.05) is 26.2 Å². The van der Waals surface area contributed by atoms with E-state index in [0.717, 1.165) is 19.4 Å². The van der Waals surface area contributed by atoms with Gasteiger partial charge in [0.1, 0.15) is 0 Å². The lowest BCUT2D eigenvalue weighted by Gasteiger charge is -2.22. The lowest BCUT2D eigenvalue weighted by Crippen LogP contribution is -2.34. The first kappa shape index (κ1) is 11.9. The topological polar surface area (TPSA) is 43.7 Å². The van der Waals surface area contributed by atoms with Crippen molar-refractivity contribution in [3.63, 3.8) is 0 Å². The summed E-state index contributed by atoms with van der Waals surface area (Å²) >= 11 is 0. The van der Waals surface area contributed by atoms with E-state index in [1.54, 1.807) is 6.92 Å². The second-order valence-electron chi connectivity index (χ2n) is 3.23. The molecule has 0 spiro atoms. The first-order valence-electron chi connectivity index (χ1n) is 4.72. The summed E-state index contributed by atoms with van der Waals surface area (Å²) in [6.45, 7) is 6.40. The summed E-state index contributed by atoms with van der Waals surface area (Å²) in [4.78, 5) is 2.09. The van der Waals surface area contributed by atoms with Crippen molar-refractivity contribution in [2.45, 2.75) is 32.8 Å². The third-order valence-corrected chi connectivity index (χ3v) is 1.77. The minimum atomic E-state index is -0.298. The number of hydrogen-bond acceptors (Lipinski definition) is 3. The highest BCUT2D eigenvalue weighted by molar-refractivity contribution is 4.60. The number of nitrogens with zero attached hydrogens (tertiary/aromatic N) is 1. The molecule has 0 aromatic heterocycles. The van der Waals surface area contributed by atoms with Gasteiger partial charge in [0.25, 0.3) is 0 Å². The largest absolute Gasteiger partial charge is 0.395 e. The van der Waals surface area contributed by atoms with Crippen molar-refractivity contribution in [3.8, 4) is 0 Å². The van der Waals surface area contributed by atoms with Crippen LogP contribution in [0.15, 0.2) is 0 Å². The molecular formula is C9H21NO2. The maximum Gasteiger partial charge on any atom is 0.0639 e. The van der Waals surface area contributed by atoms with Gasteiger partial charge in [-0.15, -0.1) is 0 Å². The van der Waals surface area contributed by atoms with Crippen LogP contribution in [0.2, 0.25) is 0 Å². The molecule has 0 amide bonds. The molecule has 0 aromatic rings. The predicted octanol–water partition coefficient (Wildman–Crippen LogP) is 0.462. The van der Waals surface area contributed by atoms with E-state index in [2.05, 4.69) is 11.8 Å². The molecule has 0 rings (SSSR count). The summed E-state index contributed by atoms with van der Waals surface area (Å²) in [6, 6.07) is 0. The highest BCUT2D eigenvalue weighted by Crippen LogP contribution is 1.96. The standard InChI is InChI=1S/C9H21NO2/c1-3-4-5-10(6-7-11)8-9(2)12/h9,11-12H,3-8H2,1-2H3/t9-/m0/s1. The molecule has 2 N–H and O–H groups in total. The molecule has 0 aromatic carbocycles. The molecule has 3 nitrogen and oxygen atoms in total. The Balaban J connectivity index is 3.54. The van der Waals surface area contributed by atoms with Crippen LogP contribution >= 0.6 is 0 Å². The second-order valence-corrected chi connectivity index (χ2v) is 3.23. The van der Waals surface area contributed by atoms with Gasteiger partial charge < -0.3 is 10.2 Å². The third-order valence-electron chi connectivity index (χ3n) is 1.77. The van der Waals surface area contributed by atoms with E-state index in [9.17, 15) is 0 Å². The van der Waals surface area contributed by atoms with Crippen molar-refractivity contribution in [3.05, 3.63) is 0 Å². The first-order chi connectivity index (χ1) is 5.70. The lowest BCUT2D eigenvalue weighted by molar-refractivity contribution is 0.110. The van der Waals surface area contributed by atoms with Crippen molar-refractivity contribution in [2.24, 2.45) is 0 Å². The summed E-state index contributed by atoms with van der Waals surface area (Å²) in [5, 5.41) is 17.9. The number of unbranched alkanes of at least 4 members (excludes halogenated alkanes) is 1. The molecular weight excluding hydrogens is 154 g/mol. The van der Waals surface area contributed by atoms with E-state index >= 15 is 0 Å². The Morgan fingerprint density at radius 2 is 2.00 bits per heavy atom. The summed E-state index contributed by atoms with van der Waals surface area (Å²) in [5.41, 5.74) is 0. The van der Waals surface area contributed by atoms with E-state index in [1.807, 2.05) is 0 Å². The quantitative estimate of drug-likeness (QED) is 0.591. The molecule has 74 valence electrons. The molecule has 0 fully saturated rings. The van der Waals surface area contributed by atoms with Gasteiger partial charge >= 0.3 is 0 Å². The Labute approximate surface area is 75.0 Å². The van der Waals surface area contributed by atoms with Crippen LogP contribution in [0.3, 0.4) is 0 Å². The molecule has 0 saturated carbocycles. The van der Waals surface area contributed by atoms with E-state index in [-0.39, 0.29) is 12.7 Å². The minimum Gasteiger partial charge on any atom is -0.395 e. The van der Waals surface area contributed by atoms with Crippen LogP contribution < -0.4 is 0 Å². The van der Waals surface area contributed by atoms with Gasteiger partial charge in [0.05, 0.1) is 12.7 Å². The molecule has 0 aliphatic heterocycles. The van der Waals surface area contributed by atoms with Crippen LogP contribution in [0.1, 0.15) is 26.7 Å². The van der Waals surface area contributed by atoms with Gasteiger partial charge in [0, 0.05) is 13.1 Å². The van der Waals surface area contributed by atoms with Gasteiger partial charge in [0.15, 0.2) is 0 Å². The predicted molar refractivity (Wildman–Crippen MR) is 50.1 cm³/mol. The number of hydrogen-bond donors (Lipinski definition) is 2. The highest BCUT2D eigenvalue weighted by atomic mass is 16.3. The second kappa shape index (κ2) is 7.53. The van der Waals surface area contributed by atoms with E-state index in [0.29, 0.717) is 13.1 Å². The molecule has 0 saturated heterocycles. The van der Waals surface area contributed by atoms with Gasteiger partial charge in [0.2, 0.25) is 0 Å². The average Bonchev–Trinajstić information content (AvgIpc) is 2.00. The van der Waals surface area contributed by atoms with Gasteiger partial charge in [-0.05, 0) is 19.9 Å². The van der Waals surface area contributed by atoms with Gasteiger partial charge in [-0.25, -0.2) is 0 Å². The van der Waals surface area contributed by atoms with Crippen LogP contribution in [-0.2, 0) is 0 Å². The van der Waals surface area contributed by atoms with Crippen LogP contribution in [0.25, 0.3) is 0 Å². The molecule has 3 heteroatoms. The smallest absolute Gasteiger partial charge is 0.0639 e.